The summed E-state index contributed by atoms with van der Waals surface area (Å²) in [6, 6.07) is 5.32. The second-order valence-electron chi connectivity index (χ2n) is 8.22. The van der Waals surface area contributed by atoms with E-state index in [1.165, 1.54) is 11.3 Å². The number of fused-ring (bicyclic) bond motifs is 1. The van der Waals surface area contributed by atoms with Crippen molar-refractivity contribution < 1.29 is 14.4 Å². The molecule has 4 rings (SSSR count). The molecular formula is C23H20Cl3N3O3S. The van der Waals surface area contributed by atoms with Gasteiger partial charge >= 0.3 is 0 Å². The molecule has 0 radical (unpaired) electrons. The molecule has 0 saturated carbocycles. The zero-order chi connectivity index (χ0) is 23.8. The zero-order valence-electron chi connectivity index (χ0n) is 17.8. The van der Waals surface area contributed by atoms with Crippen LogP contribution in [0.1, 0.15) is 63.8 Å². The number of rotatable bonds is 7. The Balaban J connectivity index is 1.54. The van der Waals surface area contributed by atoms with Gasteiger partial charge in [0, 0.05) is 24.8 Å². The van der Waals surface area contributed by atoms with Gasteiger partial charge in [0.05, 0.1) is 30.9 Å². The van der Waals surface area contributed by atoms with Crippen LogP contribution in [0.25, 0.3) is 0 Å². The van der Waals surface area contributed by atoms with E-state index >= 15 is 0 Å². The van der Waals surface area contributed by atoms with E-state index in [0.717, 1.165) is 46.5 Å². The van der Waals surface area contributed by atoms with E-state index in [9.17, 15) is 9.59 Å². The van der Waals surface area contributed by atoms with Crippen LogP contribution in [-0.4, -0.2) is 23.9 Å². The number of nitrogens with zero attached hydrogens (tertiary/aromatic N) is 2. The fourth-order valence-electron chi connectivity index (χ4n) is 4.17. The van der Waals surface area contributed by atoms with Crippen LogP contribution in [0.2, 0.25) is 15.1 Å². The van der Waals surface area contributed by atoms with Crippen molar-refractivity contribution in [3.63, 3.8) is 0 Å². The van der Waals surface area contributed by atoms with Crippen molar-refractivity contribution in [2.45, 2.75) is 51.0 Å². The van der Waals surface area contributed by atoms with Crippen LogP contribution >= 0.6 is 46.1 Å². The third kappa shape index (κ3) is 4.76. The maximum Gasteiger partial charge on any atom is 0.221 e. The fourth-order valence-corrected chi connectivity index (χ4v) is 6.11. The average Bonchev–Trinajstić information content (AvgIpc) is 3.49. The summed E-state index contributed by atoms with van der Waals surface area (Å²) in [5, 5.41) is 16.4. The summed E-state index contributed by atoms with van der Waals surface area (Å²) in [6.07, 6.45) is 3.35. The Kier molecular flexibility index (Phi) is 7.01. The van der Waals surface area contributed by atoms with E-state index in [1.54, 1.807) is 12.1 Å². The first kappa shape index (κ1) is 24.0. The number of thiophene rings is 1. The zero-order valence-corrected chi connectivity index (χ0v) is 20.9. The van der Waals surface area contributed by atoms with Crippen LogP contribution < -0.4 is 5.32 Å². The van der Waals surface area contributed by atoms with E-state index in [-0.39, 0.29) is 31.1 Å². The van der Waals surface area contributed by atoms with E-state index in [1.807, 2.05) is 13.0 Å². The quantitative estimate of drug-likeness (QED) is 0.280. The number of ketones is 1. The summed E-state index contributed by atoms with van der Waals surface area (Å²) in [6.45, 7) is 1.85. The van der Waals surface area contributed by atoms with E-state index in [2.05, 4.69) is 10.5 Å². The van der Waals surface area contributed by atoms with Gasteiger partial charge in [-0.1, -0.05) is 40.0 Å². The number of oxime groups is 1. The minimum atomic E-state index is -0.758. The molecule has 1 aliphatic heterocycles. The minimum absolute atomic E-state index is 0.0583. The molecule has 33 heavy (non-hydrogen) atoms. The van der Waals surface area contributed by atoms with Crippen molar-refractivity contribution in [3.05, 3.63) is 53.6 Å². The van der Waals surface area contributed by atoms with Crippen molar-refractivity contribution in [2.24, 2.45) is 5.16 Å². The highest BCUT2D eigenvalue weighted by Crippen LogP contribution is 2.44. The highest BCUT2D eigenvalue weighted by molar-refractivity contribution is 7.16. The fraction of sp³-hybridized carbons (Fsp3) is 0.391. The molecular weight excluding hydrogens is 505 g/mol. The maximum absolute atomic E-state index is 12.9. The number of carbonyl (C=O) groups is 2. The number of hydrogen-bond donors (Lipinski definition) is 1. The molecule has 10 heteroatoms. The standard InChI is InChI=1S/C23H20Cl3N3O3S/c1-23(12-9-15(24)20(26)16(25)10-12)11-17(29-32-23)21-13-3-2-4-14(13)22(33-21)18(30)5-6-19(31)28-8-7-27/h9-10H,2-6,8,11H2,1H3,(H,28,31). The molecule has 1 unspecified atom stereocenters. The molecule has 0 fully saturated rings. The Morgan fingerprint density at radius 1 is 1.21 bits per heavy atom. The number of nitrogens with one attached hydrogen (secondary N) is 1. The number of hydrogen-bond acceptors (Lipinski definition) is 6. The molecule has 1 aromatic carbocycles. The lowest BCUT2D eigenvalue weighted by atomic mass is 9.90. The first-order valence-electron chi connectivity index (χ1n) is 10.5. The third-order valence-electron chi connectivity index (χ3n) is 5.89. The Bertz CT molecular complexity index is 1190. The van der Waals surface area contributed by atoms with Crippen LogP contribution in [0.3, 0.4) is 0 Å². The van der Waals surface area contributed by atoms with Gasteiger partial charge in [0.2, 0.25) is 5.91 Å². The van der Waals surface area contributed by atoms with Gasteiger partial charge in [0.15, 0.2) is 11.4 Å². The van der Waals surface area contributed by atoms with Gasteiger partial charge in [-0.25, -0.2) is 0 Å². The Labute approximate surface area is 210 Å². The molecule has 1 N–H and O–H groups in total. The lowest BCUT2D eigenvalue weighted by Gasteiger charge is -2.22. The van der Waals surface area contributed by atoms with Crippen LogP contribution in [0.4, 0.5) is 0 Å². The summed E-state index contributed by atoms with van der Waals surface area (Å²) >= 11 is 20.0. The molecule has 172 valence electrons. The average molecular weight is 525 g/mol. The van der Waals surface area contributed by atoms with E-state index < -0.39 is 5.60 Å². The predicted molar refractivity (Wildman–Crippen MR) is 130 cm³/mol. The van der Waals surface area contributed by atoms with E-state index in [0.29, 0.717) is 26.4 Å². The van der Waals surface area contributed by atoms with Gasteiger partial charge in [-0.05, 0) is 49.4 Å². The number of carbonyl (C=O) groups excluding carboxylic acids is 2. The Hall–Kier alpha value is -2.11. The van der Waals surface area contributed by atoms with Gasteiger partial charge in [-0.3, -0.25) is 9.59 Å². The second kappa shape index (κ2) is 9.63. The second-order valence-corrected chi connectivity index (χ2v) is 10.4. The Morgan fingerprint density at radius 2 is 1.91 bits per heavy atom. The minimum Gasteiger partial charge on any atom is -0.384 e. The Morgan fingerprint density at radius 3 is 2.61 bits per heavy atom. The van der Waals surface area contributed by atoms with Crippen LogP contribution in [0, 0.1) is 11.3 Å². The molecule has 0 bridgehead atoms. The van der Waals surface area contributed by atoms with Gasteiger partial charge in [0.25, 0.3) is 0 Å². The summed E-state index contributed by atoms with van der Waals surface area (Å²) in [5.41, 5.74) is 3.01. The molecule has 1 aliphatic carbocycles. The number of amides is 1. The van der Waals surface area contributed by atoms with Crippen molar-refractivity contribution in [1.29, 1.82) is 5.26 Å². The number of halogens is 3. The first-order chi connectivity index (χ1) is 15.7. The third-order valence-corrected chi connectivity index (χ3v) is 8.45. The van der Waals surface area contributed by atoms with Crippen molar-refractivity contribution in [1.82, 2.24) is 5.32 Å². The molecule has 0 saturated heterocycles. The summed E-state index contributed by atoms with van der Waals surface area (Å²) < 4.78 is 0. The SMILES string of the molecule is CC1(c2cc(Cl)c(Cl)c(Cl)c2)CC(c2sc(C(=O)CCC(=O)NCC#N)c3c2CCC3)=NO1. The highest BCUT2D eigenvalue weighted by Gasteiger charge is 2.40. The summed E-state index contributed by atoms with van der Waals surface area (Å²) in [4.78, 5) is 32.2. The van der Waals surface area contributed by atoms with Crippen LogP contribution in [0.5, 0.6) is 0 Å². The maximum atomic E-state index is 12.9. The van der Waals surface area contributed by atoms with E-state index in [4.69, 9.17) is 44.9 Å². The molecule has 2 aliphatic rings. The lowest BCUT2D eigenvalue weighted by molar-refractivity contribution is -0.120. The molecule has 1 aromatic heterocycles. The van der Waals surface area contributed by atoms with Crippen molar-refractivity contribution in [2.75, 3.05) is 6.54 Å². The number of Topliss-reactive ketones (excluding diaryl/α,β-unsaturated/α-hetero) is 1. The van der Waals surface area contributed by atoms with Crippen LogP contribution in [-0.2, 0) is 28.1 Å². The predicted octanol–water partition coefficient (Wildman–Crippen LogP) is 5.84. The number of benzene rings is 1. The van der Waals surface area contributed by atoms with Gasteiger partial charge < -0.3 is 10.2 Å². The topological polar surface area (TPSA) is 91.6 Å². The molecule has 2 aromatic rings. The van der Waals surface area contributed by atoms with Crippen LogP contribution in [0.15, 0.2) is 17.3 Å². The largest absolute Gasteiger partial charge is 0.384 e. The van der Waals surface area contributed by atoms with Crippen molar-refractivity contribution >= 4 is 63.5 Å². The molecule has 2 heterocycles. The van der Waals surface area contributed by atoms with Gasteiger partial charge in [0.1, 0.15) is 12.3 Å². The molecule has 1 atom stereocenters. The molecule has 6 nitrogen and oxygen atoms in total. The van der Waals surface area contributed by atoms with Gasteiger partial charge in [-0.2, -0.15) is 5.26 Å². The normalized spacial score (nSPS) is 18.9. The molecule has 1 amide bonds. The smallest absolute Gasteiger partial charge is 0.221 e. The first-order valence-corrected chi connectivity index (χ1v) is 12.4. The lowest BCUT2D eigenvalue weighted by Crippen LogP contribution is -2.23. The van der Waals surface area contributed by atoms with Gasteiger partial charge in [-0.15, -0.1) is 11.3 Å². The molecule has 0 spiro atoms. The monoisotopic (exact) mass is 523 g/mol. The summed E-state index contributed by atoms with van der Waals surface area (Å²) in [5.74, 6) is -0.363. The number of nitriles is 1. The highest BCUT2D eigenvalue weighted by atomic mass is 35.5. The van der Waals surface area contributed by atoms with Crippen molar-refractivity contribution in [3.8, 4) is 6.07 Å². The summed E-state index contributed by atoms with van der Waals surface area (Å²) in [7, 11) is 0.